The lowest BCUT2D eigenvalue weighted by molar-refractivity contribution is -0.142. The molecular weight excluding hydrogens is 170 g/mol. The van der Waals surface area contributed by atoms with Crippen LogP contribution in [0.25, 0.3) is 6.08 Å². The molecule has 0 spiro atoms. The Kier molecular flexibility index (Phi) is 2.14. The van der Waals surface area contributed by atoms with Gasteiger partial charge in [0, 0.05) is 0 Å². The molecule has 1 saturated heterocycles. The highest BCUT2D eigenvalue weighted by Gasteiger charge is 2.20. The molecule has 1 fully saturated rings. The fraction of sp³-hybridized carbons (Fsp3) is 0.222. The largest absolute Gasteiger partial charge is 0.465 e. The van der Waals surface area contributed by atoms with E-state index in [1.807, 2.05) is 18.2 Å². The van der Waals surface area contributed by atoms with Gasteiger partial charge in [-0.25, -0.2) is 0 Å². The Morgan fingerprint density at radius 3 is 3.15 bits per heavy atom. The van der Waals surface area contributed by atoms with E-state index >= 15 is 0 Å². The van der Waals surface area contributed by atoms with Gasteiger partial charge in [0.2, 0.25) is 0 Å². The minimum atomic E-state index is -0.228. The SMILES string of the molecule is O=C1CC(/C=C/c2ccco2)NO1. The van der Waals surface area contributed by atoms with Crippen molar-refractivity contribution >= 4 is 12.0 Å². The lowest BCUT2D eigenvalue weighted by atomic mass is 10.2. The Balaban J connectivity index is 1.94. The van der Waals surface area contributed by atoms with Crippen LogP contribution in [-0.4, -0.2) is 12.0 Å². The number of carbonyl (C=O) groups is 1. The van der Waals surface area contributed by atoms with Gasteiger partial charge in [-0.15, -0.1) is 5.48 Å². The third-order valence-electron chi connectivity index (χ3n) is 1.75. The number of nitrogens with one attached hydrogen (secondary N) is 1. The van der Waals surface area contributed by atoms with Gasteiger partial charge in [-0.05, 0) is 18.2 Å². The first-order chi connectivity index (χ1) is 6.34. The smallest absolute Gasteiger partial charge is 0.326 e. The van der Waals surface area contributed by atoms with E-state index in [0.29, 0.717) is 6.42 Å². The summed E-state index contributed by atoms with van der Waals surface area (Å²) in [7, 11) is 0. The van der Waals surface area contributed by atoms with E-state index in [4.69, 9.17) is 4.42 Å². The van der Waals surface area contributed by atoms with Crippen LogP contribution in [-0.2, 0) is 9.63 Å². The van der Waals surface area contributed by atoms with E-state index in [1.54, 1.807) is 12.3 Å². The van der Waals surface area contributed by atoms with Gasteiger partial charge in [-0.2, -0.15) is 0 Å². The van der Waals surface area contributed by atoms with Crippen molar-refractivity contribution in [2.75, 3.05) is 0 Å². The van der Waals surface area contributed by atoms with Gasteiger partial charge in [0.1, 0.15) is 5.76 Å². The highest BCUT2D eigenvalue weighted by molar-refractivity contribution is 5.72. The van der Waals surface area contributed by atoms with Crippen molar-refractivity contribution in [1.29, 1.82) is 0 Å². The zero-order valence-electron chi connectivity index (χ0n) is 6.90. The summed E-state index contributed by atoms with van der Waals surface area (Å²) in [5.74, 6) is 0.537. The standard InChI is InChI=1S/C9H9NO3/c11-9-6-7(10-13-9)3-4-8-2-1-5-12-8/h1-5,7,10H,6H2/b4-3+. The van der Waals surface area contributed by atoms with Gasteiger partial charge in [0.05, 0.1) is 18.7 Å². The topological polar surface area (TPSA) is 51.5 Å². The molecule has 4 heteroatoms. The lowest BCUT2D eigenvalue weighted by Crippen LogP contribution is -2.16. The molecule has 2 rings (SSSR count). The summed E-state index contributed by atoms with van der Waals surface area (Å²) >= 11 is 0. The number of hydrogen-bond donors (Lipinski definition) is 1. The van der Waals surface area contributed by atoms with E-state index in [-0.39, 0.29) is 12.0 Å². The molecule has 0 amide bonds. The molecule has 1 unspecified atom stereocenters. The van der Waals surface area contributed by atoms with Crippen LogP contribution in [0.1, 0.15) is 12.2 Å². The molecule has 0 aliphatic carbocycles. The molecule has 0 aromatic carbocycles. The summed E-state index contributed by atoms with van der Waals surface area (Å²) in [6, 6.07) is 3.61. The van der Waals surface area contributed by atoms with Gasteiger partial charge in [0.15, 0.2) is 0 Å². The second-order valence-corrected chi connectivity index (χ2v) is 2.78. The molecular formula is C9H9NO3. The van der Waals surface area contributed by atoms with Crippen molar-refractivity contribution in [2.24, 2.45) is 0 Å². The van der Waals surface area contributed by atoms with E-state index < -0.39 is 0 Å². The maximum atomic E-state index is 10.7. The fourth-order valence-corrected chi connectivity index (χ4v) is 1.11. The first-order valence-corrected chi connectivity index (χ1v) is 4.01. The first kappa shape index (κ1) is 8.07. The molecule has 0 bridgehead atoms. The summed E-state index contributed by atoms with van der Waals surface area (Å²) in [5, 5.41) is 0. The molecule has 2 heterocycles. The van der Waals surface area contributed by atoms with Crippen molar-refractivity contribution in [3.05, 3.63) is 30.2 Å². The van der Waals surface area contributed by atoms with E-state index in [0.717, 1.165) is 5.76 Å². The van der Waals surface area contributed by atoms with Crippen LogP contribution >= 0.6 is 0 Å². The lowest BCUT2D eigenvalue weighted by Gasteiger charge is -1.96. The average molecular weight is 179 g/mol. The predicted molar refractivity (Wildman–Crippen MR) is 45.4 cm³/mol. The maximum absolute atomic E-state index is 10.7. The van der Waals surface area contributed by atoms with E-state index in [9.17, 15) is 4.79 Å². The molecule has 0 saturated carbocycles. The van der Waals surface area contributed by atoms with Crippen LogP contribution in [0.5, 0.6) is 0 Å². The van der Waals surface area contributed by atoms with Crippen LogP contribution in [0.2, 0.25) is 0 Å². The third-order valence-corrected chi connectivity index (χ3v) is 1.75. The predicted octanol–water partition coefficient (Wildman–Crippen LogP) is 1.11. The van der Waals surface area contributed by atoms with Crippen molar-refractivity contribution in [2.45, 2.75) is 12.5 Å². The minimum absolute atomic E-state index is 0.0439. The van der Waals surface area contributed by atoms with Gasteiger partial charge in [-0.3, -0.25) is 4.79 Å². The fourth-order valence-electron chi connectivity index (χ4n) is 1.11. The summed E-state index contributed by atoms with van der Waals surface area (Å²) in [5.41, 5.74) is 2.59. The monoisotopic (exact) mass is 179 g/mol. The Labute approximate surface area is 75.1 Å². The van der Waals surface area contributed by atoms with Gasteiger partial charge in [0.25, 0.3) is 0 Å². The van der Waals surface area contributed by atoms with Gasteiger partial charge >= 0.3 is 5.97 Å². The molecule has 1 aliphatic rings. The van der Waals surface area contributed by atoms with Crippen LogP contribution in [0.15, 0.2) is 28.9 Å². The minimum Gasteiger partial charge on any atom is -0.465 e. The van der Waals surface area contributed by atoms with Crippen LogP contribution in [0.4, 0.5) is 0 Å². The van der Waals surface area contributed by atoms with Gasteiger partial charge in [-0.1, -0.05) is 6.08 Å². The summed E-state index contributed by atoms with van der Waals surface area (Å²) in [4.78, 5) is 15.2. The highest BCUT2D eigenvalue weighted by Crippen LogP contribution is 2.08. The maximum Gasteiger partial charge on any atom is 0.326 e. The van der Waals surface area contributed by atoms with Crippen LogP contribution in [0.3, 0.4) is 0 Å². The molecule has 68 valence electrons. The second-order valence-electron chi connectivity index (χ2n) is 2.78. The Morgan fingerprint density at radius 2 is 2.54 bits per heavy atom. The Morgan fingerprint density at radius 1 is 1.62 bits per heavy atom. The molecule has 1 aromatic rings. The molecule has 1 aliphatic heterocycles. The third kappa shape index (κ3) is 1.97. The Bertz CT molecular complexity index is 316. The van der Waals surface area contributed by atoms with Crippen molar-refractivity contribution in [1.82, 2.24) is 5.48 Å². The summed E-state index contributed by atoms with van der Waals surface area (Å²) < 4.78 is 5.08. The zero-order chi connectivity index (χ0) is 9.10. The number of hydrogen-bond acceptors (Lipinski definition) is 4. The molecule has 4 nitrogen and oxygen atoms in total. The molecule has 1 aromatic heterocycles. The van der Waals surface area contributed by atoms with Crippen molar-refractivity contribution < 1.29 is 14.0 Å². The van der Waals surface area contributed by atoms with Gasteiger partial charge < -0.3 is 9.25 Å². The molecule has 1 N–H and O–H groups in total. The van der Waals surface area contributed by atoms with Crippen molar-refractivity contribution in [3.63, 3.8) is 0 Å². The van der Waals surface area contributed by atoms with E-state index in [1.165, 1.54) is 0 Å². The summed E-state index contributed by atoms with van der Waals surface area (Å²) in [6.07, 6.45) is 5.62. The summed E-state index contributed by atoms with van der Waals surface area (Å²) in [6.45, 7) is 0. The van der Waals surface area contributed by atoms with Crippen LogP contribution in [0, 0.1) is 0 Å². The number of carbonyl (C=O) groups excluding carboxylic acids is 1. The molecule has 1 atom stereocenters. The number of rotatable bonds is 2. The first-order valence-electron chi connectivity index (χ1n) is 4.01. The second kappa shape index (κ2) is 3.45. The van der Waals surface area contributed by atoms with E-state index in [2.05, 4.69) is 10.3 Å². The molecule has 13 heavy (non-hydrogen) atoms. The molecule has 0 radical (unpaired) electrons. The zero-order valence-corrected chi connectivity index (χ0v) is 6.90. The van der Waals surface area contributed by atoms with Crippen LogP contribution < -0.4 is 5.48 Å². The quantitative estimate of drug-likeness (QED) is 0.738. The van der Waals surface area contributed by atoms with Crippen molar-refractivity contribution in [3.8, 4) is 0 Å². The normalized spacial score (nSPS) is 22.5. The average Bonchev–Trinajstić information content (AvgIpc) is 2.71. The number of hydroxylamine groups is 1. The highest BCUT2D eigenvalue weighted by atomic mass is 16.7. The Hall–Kier alpha value is -1.55. The number of furan rings is 1.